The quantitative estimate of drug-likeness (QED) is 0.759. The number of hydrogen-bond donors (Lipinski definition) is 0. The molecule has 0 bridgehead atoms. The highest BCUT2D eigenvalue weighted by molar-refractivity contribution is 5.13. The van der Waals surface area contributed by atoms with Gasteiger partial charge in [-0.1, -0.05) is 19.9 Å². The molecular formula is C14H22N2. The predicted molar refractivity (Wildman–Crippen MR) is 67.2 cm³/mol. The zero-order valence-corrected chi connectivity index (χ0v) is 10.6. The molecule has 2 heterocycles. The van der Waals surface area contributed by atoms with Crippen molar-refractivity contribution in [3.63, 3.8) is 0 Å². The number of nitrogens with zero attached hydrogens (tertiary/aromatic N) is 2. The molecule has 2 nitrogen and oxygen atoms in total. The molecule has 2 heteroatoms. The Hall–Kier alpha value is -0.890. The van der Waals surface area contributed by atoms with Gasteiger partial charge in [0.25, 0.3) is 0 Å². The van der Waals surface area contributed by atoms with Crippen LogP contribution < -0.4 is 0 Å². The first-order chi connectivity index (χ1) is 7.63. The minimum absolute atomic E-state index is 0.835. The van der Waals surface area contributed by atoms with Gasteiger partial charge in [0.05, 0.1) is 0 Å². The Morgan fingerprint density at radius 3 is 2.50 bits per heavy atom. The van der Waals surface area contributed by atoms with Crippen LogP contribution in [0.5, 0.6) is 0 Å². The summed E-state index contributed by atoms with van der Waals surface area (Å²) >= 11 is 0. The van der Waals surface area contributed by atoms with Crippen molar-refractivity contribution in [1.82, 2.24) is 9.88 Å². The number of piperidine rings is 1. The maximum atomic E-state index is 4.36. The summed E-state index contributed by atoms with van der Waals surface area (Å²) < 4.78 is 0. The maximum absolute atomic E-state index is 4.36. The first kappa shape index (κ1) is 11.6. The van der Waals surface area contributed by atoms with Crippen molar-refractivity contribution in [2.75, 3.05) is 13.1 Å². The van der Waals surface area contributed by atoms with Gasteiger partial charge in [-0.2, -0.15) is 0 Å². The molecule has 0 aliphatic carbocycles. The van der Waals surface area contributed by atoms with Crippen LogP contribution in [0.2, 0.25) is 0 Å². The molecule has 1 saturated heterocycles. The number of aryl methyl sites for hydroxylation is 1. The Bertz CT molecular complexity index is 321. The molecule has 1 aliphatic heterocycles. The number of likely N-dealkylation sites (tertiary alicyclic amines) is 1. The van der Waals surface area contributed by atoms with E-state index in [-0.39, 0.29) is 0 Å². The molecule has 2 atom stereocenters. The van der Waals surface area contributed by atoms with Gasteiger partial charge in [-0.25, -0.2) is 0 Å². The highest BCUT2D eigenvalue weighted by atomic mass is 15.1. The molecule has 1 aromatic heterocycles. The predicted octanol–water partition coefficient (Wildman–Crippen LogP) is 2.87. The van der Waals surface area contributed by atoms with Crippen molar-refractivity contribution in [3.8, 4) is 0 Å². The summed E-state index contributed by atoms with van der Waals surface area (Å²) in [6, 6.07) is 4.30. The topological polar surface area (TPSA) is 16.1 Å². The highest BCUT2D eigenvalue weighted by Crippen LogP contribution is 2.22. The van der Waals surface area contributed by atoms with Crippen LogP contribution in [0.15, 0.2) is 18.3 Å². The zero-order valence-electron chi connectivity index (χ0n) is 10.6. The molecule has 16 heavy (non-hydrogen) atoms. The summed E-state index contributed by atoms with van der Waals surface area (Å²) in [5.74, 6) is 1.67. The molecule has 0 N–H and O–H groups in total. The fourth-order valence-electron chi connectivity index (χ4n) is 2.77. The van der Waals surface area contributed by atoms with Crippen LogP contribution in [0.4, 0.5) is 0 Å². The van der Waals surface area contributed by atoms with Crippen LogP contribution in [-0.2, 0) is 6.54 Å². The largest absolute Gasteiger partial charge is 0.298 e. The average molecular weight is 218 g/mol. The third-order valence-electron chi connectivity index (χ3n) is 3.32. The summed E-state index contributed by atoms with van der Waals surface area (Å²) in [5.41, 5.74) is 2.44. The lowest BCUT2D eigenvalue weighted by atomic mass is 9.92. The van der Waals surface area contributed by atoms with E-state index in [4.69, 9.17) is 0 Å². The van der Waals surface area contributed by atoms with Crippen molar-refractivity contribution in [2.24, 2.45) is 11.8 Å². The zero-order chi connectivity index (χ0) is 11.5. The second kappa shape index (κ2) is 4.96. The number of aromatic nitrogens is 1. The Morgan fingerprint density at radius 2 is 1.94 bits per heavy atom. The van der Waals surface area contributed by atoms with E-state index in [1.54, 1.807) is 0 Å². The van der Waals surface area contributed by atoms with Gasteiger partial charge >= 0.3 is 0 Å². The molecule has 0 aromatic carbocycles. The number of pyridine rings is 1. The van der Waals surface area contributed by atoms with Gasteiger partial charge in [-0.3, -0.25) is 9.88 Å². The first-order valence-corrected chi connectivity index (χ1v) is 6.27. The van der Waals surface area contributed by atoms with Crippen molar-refractivity contribution in [3.05, 3.63) is 29.6 Å². The SMILES string of the molecule is Cc1ccc(CN2CC(C)CC(C)C2)cn1. The molecular weight excluding hydrogens is 196 g/mol. The maximum Gasteiger partial charge on any atom is 0.0372 e. The lowest BCUT2D eigenvalue weighted by molar-refractivity contribution is 0.134. The third kappa shape index (κ3) is 3.05. The molecule has 1 aliphatic rings. The van der Waals surface area contributed by atoms with Crippen molar-refractivity contribution >= 4 is 0 Å². The van der Waals surface area contributed by atoms with Crippen molar-refractivity contribution < 1.29 is 0 Å². The van der Waals surface area contributed by atoms with Crippen LogP contribution in [0.3, 0.4) is 0 Å². The lowest BCUT2D eigenvalue weighted by Crippen LogP contribution is -2.38. The third-order valence-corrected chi connectivity index (χ3v) is 3.32. The van der Waals surface area contributed by atoms with Crippen LogP contribution >= 0.6 is 0 Å². The second-order valence-electron chi connectivity index (χ2n) is 5.45. The molecule has 1 fully saturated rings. The summed E-state index contributed by atoms with van der Waals surface area (Å²) in [6.45, 7) is 10.3. The van der Waals surface area contributed by atoms with Crippen molar-refractivity contribution in [2.45, 2.75) is 33.7 Å². The molecule has 2 rings (SSSR count). The Labute approximate surface area is 98.7 Å². The molecule has 88 valence electrons. The van der Waals surface area contributed by atoms with Gasteiger partial charge in [0.2, 0.25) is 0 Å². The standard InChI is InChI=1S/C14H22N2/c1-11-6-12(2)9-16(8-11)10-14-5-4-13(3)15-7-14/h4-5,7,11-12H,6,8-10H2,1-3H3. The van der Waals surface area contributed by atoms with Gasteiger partial charge < -0.3 is 0 Å². The summed E-state index contributed by atoms with van der Waals surface area (Å²) in [6.07, 6.45) is 3.39. The molecule has 0 saturated carbocycles. The van der Waals surface area contributed by atoms with Gasteiger partial charge in [0, 0.05) is 31.5 Å². The summed E-state index contributed by atoms with van der Waals surface area (Å²) in [7, 11) is 0. The molecule has 2 unspecified atom stereocenters. The van der Waals surface area contributed by atoms with Crippen LogP contribution in [0.1, 0.15) is 31.5 Å². The van der Waals surface area contributed by atoms with E-state index in [1.165, 1.54) is 25.1 Å². The summed E-state index contributed by atoms with van der Waals surface area (Å²) in [4.78, 5) is 6.92. The minimum Gasteiger partial charge on any atom is -0.298 e. The van der Waals surface area contributed by atoms with E-state index in [2.05, 4.69) is 35.9 Å². The van der Waals surface area contributed by atoms with Gasteiger partial charge in [-0.05, 0) is 36.8 Å². The Morgan fingerprint density at radius 1 is 1.25 bits per heavy atom. The minimum atomic E-state index is 0.835. The summed E-state index contributed by atoms with van der Waals surface area (Å²) in [5, 5.41) is 0. The number of hydrogen-bond acceptors (Lipinski definition) is 2. The number of rotatable bonds is 2. The van der Waals surface area contributed by atoms with E-state index in [1.807, 2.05) is 13.1 Å². The van der Waals surface area contributed by atoms with E-state index in [0.29, 0.717) is 0 Å². The monoisotopic (exact) mass is 218 g/mol. The average Bonchev–Trinajstić information content (AvgIpc) is 2.20. The molecule has 1 aromatic rings. The molecule has 0 radical (unpaired) electrons. The van der Waals surface area contributed by atoms with Gasteiger partial charge in [0.1, 0.15) is 0 Å². The van der Waals surface area contributed by atoms with Gasteiger partial charge in [0.15, 0.2) is 0 Å². The Balaban J connectivity index is 1.96. The highest BCUT2D eigenvalue weighted by Gasteiger charge is 2.21. The van der Waals surface area contributed by atoms with E-state index in [9.17, 15) is 0 Å². The second-order valence-corrected chi connectivity index (χ2v) is 5.45. The van der Waals surface area contributed by atoms with Crippen LogP contribution in [0, 0.1) is 18.8 Å². The lowest BCUT2D eigenvalue weighted by Gasteiger charge is -2.34. The van der Waals surface area contributed by atoms with Crippen molar-refractivity contribution in [1.29, 1.82) is 0 Å². The first-order valence-electron chi connectivity index (χ1n) is 6.27. The fourth-order valence-corrected chi connectivity index (χ4v) is 2.77. The van der Waals surface area contributed by atoms with Crippen LogP contribution in [0.25, 0.3) is 0 Å². The van der Waals surface area contributed by atoms with E-state index < -0.39 is 0 Å². The van der Waals surface area contributed by atoms with E-state index in [0.717, 1.165) is 24.1 Å². The smallest absolute Gasteiger partial charge is 0.0372 e. The Kier molecular flexibility index (Phi) is 3.59. The molecule has 0 spiro atoms. The molecule has 0 amide bonds. The fraction of sp³-hybridized carbons (Fsp3) is 0.643. The van der Waals surface area contributed by atoms with Gasteiger partial charge in [-0.15, -0.1) is 0 Å². The van der Waals surface area contributed by atoms with E-state index >= 15 is 0 Å². The normalized spacial score (nSPS) is 26.9. The van der Waals surface area contributed by atoms with Crippen LogP contribution in [-0.4, -0.2) is 23.0 Å².